The van der Waals surface area contributed by atoms with Crippen molar-refractivity contribution in [2.24, 2.45) is 5.92 Å². The molecule has 1 heterocycles. The molecule has 1 saturated heterocycles. The molecule has 6 nitrogen and oxygen atoms in total. The zero-order valence-electron chi connectivity index (χ0n) is 17.8. The third-order valence-corrected chi connectivity index (χ3v) is 5.50. The molecule has 3 amide bonds. The highest BCUT2D eigenvalue weighted by Crippen LogP contribution is 2.24. The summed E-state index contributed by atoms with van der Waals surface area (Å²) >= 11 is 0. The standard InChI is InChI=1S/C24H32N4O2/c1-18(2)22(27-24(30)26-20-13-7-4-8-14-20)23(29)25-17-21(28-15-9-10-16-28)19-11-5-3-6-12-19/h3-8,11-14,18,21-22H,9-10,15-17H2,1-2H3,(H,25,29)(H2,26,27,30). The Bertz CT molecular complexity index is 804. The van der Waals surface area contributed by atoms with Crippen LogP contribution in [0.3, 0.4) is 0 Å². The van der Waals surface area contributed by atoms with Crippen LogP contribution in [0.15, 0.2) is 60.7 Å². The predicted molar refractivity (Wildman–Crippen MR) is 120 cm³/mol. The summed E-state index contributed by atoms with van der Waals surface area (Å²) in [4.78, 5) is 27.8. The molecular weight excluding hydrogens is 376 g/mol. The Morgan fingerprint density at radius 2 is 1.53 bits per heavy atom. The summed E-state index contributed by atoms with van der Waals surface area (Å²) in [5.74, 6) is -0.193. The lowest BCUT2D eigenvalue weighted by molar-refractivity contribution is -0.124. The number of rotatable bonds is 8. The van der Waals surface area contributed by atoms with Gasteiger partial charge in [0.1, 0.15) is 6.04 Å². The normalized spacial score (nSPS) is 16.1. The van der Waals surface area contributed by atoms with Crippen LogP contribution in [0.5, 0.6) is 0 Å². The number of carbonyl (C=O) groups excluding carboxylic acids is 2. The Balaban J connectivity index is 1.61. The molecule has 3 N–H and O–H groups in total. The van der Waals surface area contributed by atoms with Gasteiger partial charge in [0.05, 0.1) is 6.04 Å². The Labute approximate surface area is 179 Å². The van der Waals surface area contributed by atoms with Gasteiger partial charge in [0.15, 0.2) is 0 Å². The molecule has 2 atom stereocenters. The van der Waals surface area contributed by atoms with Gasteiger partial charge in [-0.2, -0.15) is 0 Å². The molecule has 2 aromatic carbocycles. The average molecular weight is 409 g/mol. The SMILES string of the molecule is CC(C)C(NC(=O)Nc1ccccc1)C(=O)NCC(c1ccccc1)N1CCCC1. The number of nitrogens with zero attached hydrogens (tertiary/aromatic N) is 1. The van der Waals surface area contributed by atoms with Crippen molar-refractivity contribution in [1.82, 2.24) is 15.5 Å². The molecule has 0 saturated carbocycles. The summed E-state index contributed by atoms with van der Waals surface area (Å²) < 4.78 is 0. The second-order valence-corrected chi connectivity index (χ2v) is 8.10. The van der Waals surface area contributed by atoms with Crippen LogP contribution in [0.25, 0.3) is 0 Å². The van der Waals surface area contributed by atoms with Gasteiger partial charge in [-0.3, -0.25) is 9.69 Å². The van der Waals surface area contributed by atoms with Crippen molar-refractivity contribution in [3.8, 4) is 0 Å². The fourth-order valence-electron chi connectivity index (χ4n) is 3.86. The molecular formula is C24H32N4O2. The lowest BCUT2D eigenvalue weighted by Gasteiger charge is -2.29. The van der Waals surface area contributed by atoms with Crippen LogP contribution in [0.1, 0.15) is 38.3 Å². The van der Waals surface area contributed by atoms with Crippen LogP contribution in [-0.2, 0) is 4.79 Å². The van der Waals surface area contributed by atoms with E-state index in [4.69, 9.17) is 0 Å². The van der Waals surface area contributed by atoms with Gasteiger partial charge >= 0.3 is 6.03 Å². The van der Waals surface area contributed by atoms with Crippen LogP contribution < -0.4 is 16.0 Å². The summed E-state index contributed by atoms with van der Waals surface area (Å²) in [5.41, 5.74) is 1.90. The quantitative estimate of drug-likeness (QED) is 0.622. The number of anilines is 1. The number of carbonyl (C=O) groups is 2. The molecule has 1 aliphatic rings. The Morgan fingerprint density at radius 3 is 2.13 bits per heavy atom. The fourth-order valence-corrected chi connectivity index (χ4v) is 3.86. The topological polar surface area (TPSA) is 73.5 Å². The summed E-state index contributed by atoms with van der Waals surface area (Å²) in [5, 5.41) is 8.69. The number of likely N-dealkylation sites (tertiary alicyclic amines) is 1. The molecule has 0 spiro atoms. The predicted octanol–water partition coefficient (Wildman–Crippen LogP) is 3.79. The van der Waals surface area contributed by atoms with E-state index in [2.05, 4.69) is 33.0 Å². The molecule has 0 aliphatic carbocycles. The van der Waals surface area contributed by atoms with Crippen molar-refractivity contribution in [3.63, 3.8) is 0 Å². The highest BCUT2D eigenvalue weighted by molar-refractivity contribution is 5.93. The average Bonchev–Trinajstić information content (AvgIpc) is 3.28. The van der Waals surface area contributed by atoms with Crippen molar-refractivity contribution >= 4 is 17.6 Å². The van der Waals surface area contributed by atoms with E-state index in [1.807, 2.05) is 62.4 Å². The molecule has 1 fully saturated rings. The maximum atomic E-state index is 13.0. The molecule has 1 aliphatic heterocycles. The molecule has 0 aromatic heterocycles. The summed E-state index contributed by atoms with van der Waals surface area (Å²) in [7, 11) is 0. The molecule has 160 valence electrons. The van der Waals surface area contributed by atoms with Crippen molar-refractivity contribution in [2.75, 3.05) is 25.0 Å². The van der Waals surface area contributed by atoms with Gasteiger partial charge in [-0.15, -0.1) is 0 Å². The maximum Gasteiger partial charge on any atom is 0.319 e. The number of hydrogen-bond donors (Lipinski definition) is 3. The zero-order chi connectivity index (χ0) is 21.3. The van der Waals surface area contributed by atoms with Crippen molar-refractivity contribution in [2.45, 2.75) is 38.8 Å². The first-order valence-corrected chi connectivity index (χ1v) is 10.7. The molecule has 3 rings (SSSR count). The lowest BCUT2D eigenvalue weighted by Crippen LogP contribution is -2.52. The Morgan fingerprint density at radius 1 is 0.933 bits per heavy atom. The van der Waals surface area contributed by atoms with Gasteiger partial charge < -0.3 is 16.0 Å². The van der Waals surface area contributed by atoms with E-state index >= 15 is 0 Å². The maximum absolute atomic E-state index is 13.0. The van der Waals surface area contributed by atoms with Gasteiger partial charge in [0.25, 0.3) is 0 Å². The van der Waals surface area contributed by atoms with Gasteiger partial charge in [-0.1, -0.05) is 62.4 Å². The number of benzene rings is 2. The molecule has 0 bridgehead atoms. The van der Waals surface area contributed by atoms with E-state index in [0.29, 0.717) is 12.2 Å². The first kappa shape index (κ1) is 21.8. The third kappa shape index (κ3) is 6.07. The highest BCUT2D eigenvalue weighted by Gasteiger charge is 2.27. The third-order valence-electron chi connectivity index (χ3n) is 5.50. The minimum atomic E-state index is -0.608. The van der Waals surface area contributed by atoms with Crippen LogP contribution in [0.2, 0.25) is 0 Å². The molecule has 0 radical (unpaired) electrons. The number of amides is 3. The number of urea groups is 1. The summed E-state index contributed by atoms with van der Waals surface area (Å²) in [6.07, 6.45) is 2.38. The number of nitrogens with one attached hydrogen (secondary N) is 3. The van der Waals surface area contributed by atoms with Crippen molar-refractivity contribution in [3.05, 3.63) is 66.2 Å². The molecule has 2 aromatic rings. The molecule has 30 heavy (non-hydrogen) atoms. The van der Waals surface area contributed by atoms with E-state index in [1.165, 1.54) is 18.4 Å². The van der Waals surface area contributed by atoms with Crippen LogP contribution in [0.4, 0.5) is 10.5 Å². The monoisotopic (exact) mass is 408 g/mol. The van der Waals surface area contributed by atoms with E-state index in [0.717, 1.165) is 13.1 Å². The van der Waals surface area contributed by atoms with Crippen molar-refractivity contribution in [1.29, 1.82) is 0 Å². The second-order valence-electron chi connectivity index (χ2n) is 8.10. The van der Waals surface area contributed by atoms with E-state index in [-0.39, 0.29) is 23.9 Å². The van der Waals surface area contributed by atoms with Crippen LogP contribution >= 0.6 is 0 Å². The minimum Gasteiger partial charge on any atom is -0.352 e. The minimum absolute atomic E-state index is 0.0338. The smallest absolute Gasteiger partial charge is 0.319 e. The Kier molecular flexibility index (Phi) is 7.85. The summed E-state index contributed by atoms with van der Waals surface area (Å²) in [6.45, 7) is 6.47. The fraction of sp³-hybridized carbons (Fsp3) is 0.417. The second kappa shape index (κ2) is 10.8. The largest absolute Gasteiger partial charge is 0.352 e. The van der Waals surface area contributed by atoms with Gasteiger partial charge in [-0.25, -0.2) is 4.79 Å². The first-order valence-electron chi connectivity index (χ1n) is 10.7. The van der Waals surface area contributed by atoms with Gasteiger partial charge in [-0.05, 0) is 49.5 Å². The number of para-hydroxylation sites is 1. The first-order chi connectivity index (χ1) is 14.5. The van der Waals surface area contributed by atoms with Crippen LogP contribution in [-0.4, -0.2) is 42.5 Å². The highest BCUT2D eigenvalue weighted by atomic mass is 16.2. The molecule has 2 unspecified atom stereocenters. The lowest BCUT2D eigenvalue weighted by atomic mass is 10.0. The summed E-state index contributed by atoms with van der Waals surface area (Å²) in [6, 6.07) is 18.7. The zero-order valence-corrected chi connectivity index (χ0v) is 17.8. The Hall–Kier alpha value is -2.86. The van der Waals surface area contributed by atoms with Gasteiger partial charge in [0, 0.05) is 12.2 Å². The molecule has 6 heteroatoms. The van der Waals surface area contributed by atoms with E-state index in [1.54, 1.807) is 0 Å². The van der Waals surface area contributed by atoms with E-state index < -0.39 is 6.04 Å². The number of hydrogen-bond acceptors (Lipinski definition) is 3. The van der Waals surface area contributed by atoms with Crippen LogP contribution in [0, 0.1) is 5.92 Å². The van der Waals surface area contributed by atoms with Gasteiger partial charge in [0.2, 0.25) is 5.91 Å². The van der Waals surface area contributed by atoms with E-state index in [9.17, 15) is 9.59 Å². The van der Waals surface area contributed by atoms with Crippen molar-refractivity contribution < 1.29 is 9.59 Å².